The van der Waals surface area contributed by atoms with Crippen molar-refractivity contribution in [1.82, 2.24) is 0 Å². The molecule has 0 aliphatic heterocycles. The second-order valence-corrected chi connectivity index (χ2v) is 2.75. The molecule has 5 nitrogen and oxygen atoms in total. The lowest BCUT2D eigenvalue weighted by Crippen LogP contribution is -2.00. The van der Waals surface area contributed by atoms with Crippen molar-refractivity contribution in [3.63, 3.8) is 0 Å². The van der Waals surface area contributed by atoms with E-state index in [1.165, 1.54) is 18.2 Å². The molecular weight excluding hydrogens is 196 g/mol. The van der Waals surface area contributed by atoms with Crippen molar-refractivity contribution in [2.24, 2.45) is 5.90 Å². The van der Waals surface area contributed by atoms with Gasteiger partial charge in [0.05, 0.1) is 11.5 Å². The number of nitrogens with two attached hydrogens (primary N) is 1. The van der Waals surface area contributed by atoms with Crippen LogP contribution in [0.5, 0.6) is 0 Å². The van der Waals surface area contributed by atoms with Crippen molar-refractivity contribution in [1.29, 1.82) is 0 Å². The van der Waals surface area contributed by atoms with Crippen LogP contribution in [-0.2, 0) is 11.4 Å². The molecule has 0 radical (unpaired) electrons. The number of non-ortho nitro benzene ring substituents is 1. The first-order valence-corrected chi connectivity index (χ1v) is 3.77. The molecule has 0 unspecified atom stereocenters. The highest BCUT2D eigenvalue weighted by molar-refractivity contribution is 6.31. The molecule has 1 aromatic carbocycles. The van der Waals surface area contributed by atoms with Crippen LogP contribution in [0.2, 0.25) is 5.02 Å². The molecule has 0 spiro atoms. The maximum Gasteiger partial charge on any atom is 0.269 e. The Balaban J connectivity index is 3.03. The predicted octanol–water partition coefficient (Wildman–Crippen LogP) is 1.64. The van der Waals surface area contributed by atoms with Crippen LogP contribution in [0, 0.1) is 10.1 Å². The number of hydrogen-bond donors (Lipinski definition) is 1. The van der Waals surface area contributed by atoms with Gasteiger partial charge >= 0.3 is 0 Å². The zero-order chi connectivity index (χ0) is 9.84. The molecule has 13 heavy (non-hydrogen) atoms. The summed E-state index contributed by atoms with van der Waals surface area (Å²) < 4.78 is 0. The molecule has 0 amide bonds. The van der Waals surface area contributed by atoms with E-state index in [1.807, 2.05) is 0 Å². The van der Waals surface area contributed by atoms with E-state index >= 15 is 0 Å². The number of hydrogen-bond acceptors (Lipinski definition) is 4. The average molecular weight is 203 g/mol. The first-order valence-electron chi connectivity index (χ1n) is 3.39. The summed E-state index contributed by atoms with van der Waals surface area (Å²) in [7, 11) is 0. The van der Waals surface area contributed by atoms with Gasteiger partial charge in [0.25, 0.3) is 5.69 Å². The van der Waals surface area contributed by atoms with E-state index < -0.39 is 4.92 Å². The number of nitro groups is 1. The Kier molecular flexibility index (Phi) is 3.18. The second kappa shape index (κ2) is 4.18. The summed E-state index contributed by atoms with van der Waals surface area (Å²) in [5.74, 6) is 4.83. The SMILES string of the molecule is NOCc1cc([N+](=O)[O-])ccc1Cl. The minimum atomic E-state index is -0.504. The van der Waals surface area contributed by atoms with Gasteiger partial charge in [-0.1, -0.05) is 11.6 Å². The quantitative estimate of drug-likeness (QED) is 0.597. The summed E-state index contributed by atoms with van der Waals surface area (Å²) >= 11 is 5.72. The van der Waals surface area contributed by atoms with Gasteiger partial charge in [-0.15, -0.1) is 0 Å². The average Bonchev–Trinajstić information content (AvgIpc) is 2.08. The molecule has 0 atom stereocenters. The minimum Gasteiger partial charge on any atom is -0.300 e. The standard InChI is InChI=1S/C7H7ClN2O3/c8-7-2-1-6(10(11)12)3-5(7)4-13-9/h1-3H,4,9H2. The second-order valence-electron chi connectivity index (χ2n) is 2.34. The van der Waals surface area contributed by atoms with Crippen molar-refractivity contribution in [3.05, 3.63) is 38.9 Å². The third-order valence-electron chi connectivity index (χ3n) is 1.48. The molecule has 0 saturated carbocycles. The van der Waals surface area contributed by atoms with Crippen LogP contribution in [0.3, 0.4) is 0 Å². The van der Waals surface area contributed by atoms with E-state index in [4.69, 9.17) is 17.5 Å². The summed E-state index contributed by atoms with van der Waals surface area (Å²) in [5, 5.41) is 10.8. The van der Waals surface area contributed by atoms with Gasteiger partial charge < -0.3 is 0 Å². The summed E-state index contributed by atoms with van der Waals surface area (Å²) in [6.07, 6.45) is 0. The fraction of sp³-hybridized carbons (Fsp3) is 0.143. The number of nitro benzene ring substituents is 1. The van der Waals surface area contributed by atoms with Crippen molar-refractivity contribution >= 4 is 17.3 Å². The maximum absolute atomic E-state index is 10.4. The van der Waals surface area contributed by atoms with Gasteiger partial charge in [0.15, 0.2) is 0 Å². The maximum atomic E-state index is 10.4. The first-order chi connectivity index (χ1) is 6.15. The van der Waals surface area contributed by atoms with Crippen molar-refractivity contribution < 1.29 is 9.76 Å². The lowest BCUT2D eigenvalue weighted by molar-refractivity contribution is -0.384. The molecule has 0 aromatic heterocycles. The number of benzene rings is 1. The van der Waals surface area contributed by atoms with Gasteiger partial charge in [-0.2, -0.15) is 0 Å². The summed E-state index contributed by atoms with van der Waals surface area (Å²) in [6.45, 7) is 0.0561. The van der Waals surface area contributed by atoms with Crippen LogP contribution in [0.25, 0.3) is 0 Å². The van der Waals surface area contributed by atoms with Gasteiger partial charge in [0.2, 0.25) is 0 Å². The predicted molar refractivity (Wildman–Crippen MR) is 47.1 cm³/mol. The van der Waals surface area contributed by atoms with E-state index in [9.17, 15) is 10.1 Å². The minimum absolute atomic E-state index is 0.0311. The normalized spacial score (nSPS) is 10.0. The summed E-state index contributed by atoms with van der Waals surface area (Å²) in [4.78, 5) is 14.2. The number of rotatable bonds is 3. The zero-order valence-electron chi connectivity index (χ0n) is 6.57. The molecule has 0 bridgehead atoms. The first kappa shape index (κ1) is 9.91. The summed E-state index contributed by atoms with van der Waals surface area (Å²) in [6, 6.07) is 4.09. The molecular formula is C7H7ClN2O3. The molecule has 1 aromatic rings. The Hall–Kier alpha value is -1.17. The third kappa shape index (κ3) is 2.38. The van der Waals surface area contributed by atoms with E-state index in [-0.39, 0.29) is 12.3 Å². The molecule has 0 fully saturated rings. The van der Waals surface area contributed by atoms with Crippen LogP contribution in [0.4, 0.5) is 5.69 Å². The Morgan fingerprint density at radius 1 is 1.62 bits per heavy atom. The fourth-order valence-electron chi connectivity index (χ4n) is 0.875. The lowest BCUT2D eigenvalue weighted by Gasteiger charge is -2.01. The van der Waals surface area contributed by atoms with Crippen LogP contribution >= 0.6 is 11.6 Å². The van der Waals surface area contributed by atoms with Gasteiger partial charge in [-0.05, 0) is 6.07 Å². The fourth-order valence-corrected chi connectivity index (χ4v) is 1.05. The van der Waals surface area contributed by atoms with Gasteiger partial charge in [-0.25, -0.2) is 5.90 Å². The number of halogens is 1. The highest BCUT2D eigenvalue weighted by Gasteiger charge is 2.08. The van der Waals surface area contributed by atoms with Crippen molar-refractivity contribution in [2.45, 2.75) is 6.61 Å². The largest absolute Gasteiger partial charge is 0.300 e. The van der Waals surface area contributed by atoms with E-state index in [1.54, 1.807) is 0 Å². The summed E-state index contributed by atoms with van der Waals surface area (Å²) in [5.41, 5.74) is 0.467. The van der Waals surface area contributed by atoms with Gasteiger partial charge in [0.1, 0.15) is 0 Å². The molecule has 1 rings (SSSR count). The molecule has 0 heterocycles. The number of nitrogens with zero attached hydrogens (tertiary/aromatic N) is 1. The highest BCUT2D eigenvalue weighted by atomic mass is 35.5. The molecule has 6 heteroatoms. The molecule has 0 saturated heterocycles. The van der Waals surface area contributed by atoms with E-state index in [0.717, 1.165) is 0 Å². The topological polar surface area (TPSA) is 78.4 Å². The third-order valence-corrected chi connectivity index (χ3v) is 1.85. The van der Waals surface area contributed by atoms with Gasteiger partial charge in [-0.3, -0.25) is 15.0 Å². The molecule has 70 valence electrons. The molecule has 0 aliphatic carbocycles. The van der Waals surface area contributed by atoms with Crippen molar-refractivity contribution in [2.75, 3.05) is 0 Å². The molecule has 2 N–H and O–H groups in total. The van der Waals surface area contributed by atoms with Crippen LogP contribution in [-0.4, -0.2) is 4.92 Å². The monoisotopic (exact) mass is 202 g/mol. The van der Waals surface area contributed by atoms with E-state index in [0.29, 0.717) is 10.6 Å². The Bertz CT molecular complexity index is 330. The Morgan fingerprint density at radius 2 is 2.31 bits per heavy atom. The zero-order valence-corrected chi connectivity index (χ0v) is 7.32. The van der Waals surface area contributed by atoms with Crippen LogP contribution in [0.1, 0.15) is 5.56 Å². The van der Waals surface area contributed by atoms with Crippen LogP contribution < -0.4 is 5.90 Å². The Labute approximate surface area is 79.2 Å². The van der Waals surface area contributed by atoms with Crippen LogP contribution in [0.15, 0.2) is 18.2 Å². The van der Waals surface area contributed by atoms with E-state index in [2.05, 4.69) is 4.84 Å². The smallest absolute Gasteiger partial charge is 0.269 e. The Morgan fingerprint density at radius 3 is 2.85 bits per heavy atom. The van der Waals surface area contributed by atoms with Gasteiger partial charge in [0, 0.05) is 22.7 Å². The molecule has 0 aliphatic rings. The lowest BCUT2D eigenvalue weighted by atomic mass is 10.2. The highest BCUT2D eigenvalue weighted by Crippen LogP contribution is 2.22. The van der Waals surface area contributed by atoms with Crippen molar-refractivity contribution in [3.8, 4) is 0 Å².